The number of aryl methyl sites for hydroxylation is 2. The highest BCUT2D eigenvalue weighted by Crippen LogP contribution is 2.24. The van der Waals surface area contributed by atoms with Crippen LogP contribution in [-0.2, 0) is 11.3 Å². The second-order valence-electron chi connectivity index (χ2n) is 5.35. The minimum absolute atomic E-state index is 0.312. The molecule has 1 N–H and O–H groups in total. The monoisotopic (exact) mass is 249 g/mol. The number of ether oxygens (including phenoxy) is 1. The topological polar surface area (TPSA) is 32.7 Å². The van der Waals surface area contributed by atoms with Crippen LogP contribution in [0.5, 0.6) is 5.75 Å². The lowest BCUT2D eigenvalue weighted by Gasteiger charge is -2.22. The summed E-state index contributed by atoms with van der Waals surface area (Å²) in [5, 5.41) is 9.79. The Labute approximate surface area is 109 Å². The lowest BCUT2D eigenvalue weighted by Crippen LogP contribution is -2.29. The molecule has 1 atom stereocenters. The standard InChI is InChI=1S/C15H23NO2/c1-11-7-14(8-12(2)15(11)17)10-16-5-4-6-18-13(3)9-16/h7-8,13,17H,4-6,9-10H2,1-3H3. The second-order valence-corrected chi connectivity index (χ2v) is 5.35. The lowest BCUT2D eigenvalue weighted by atomic mass is 10.1. The molecule has 0 saturated carbocycles. The van der Waals surface area contributed by atoms with Crippen LogP contribution in [0.2, 0.25) is 0 Å². The summed E-state index contributed by atoms with van der Waals surface area (Å²) in [5.74, 6) is 0.423. The van der Waals surface area contributed by atoms with Crippen molar-refractivity contribution in [3.63, 3.8) is 0 Å². The molecule has 1 aliphatic heterocycles. The maximum absolute atomic E-state index is 9.79. The number of rotatable bonds is 2. The van der Waals surface area contributed by atoms with Crippen LogP contribution in [0.25, 0.3) is 0 Å². The fourth-order valence-electron chi connectivity index (χ4n) is 2.62. The van der Waals surface area contributed by atoms with Crippen molar-refractivity contribution in [1.29, 1.82) is 0 Å². The first-order valence-electron chi connectivity index (χ1n) is 6.69. The van der Waals surface area contributed by atoms with E-state index in [-0.39, 0.29) is 0 Å². The van der Waals surface area contributed by atoms with E-state index < -0.39 is 0 Å². The average molecular weight is 249 g/mol. The Morgan fingerprint density at radius 1 is 1.33 bits per heavy atom. The van der Waals surface area contributed by atoms with E-state index in [2.05, 4.69) is 24.0 Å². The van der Waals surface area contributed by atoms with E-state index >= 15 is 0 Å². The Morgan fingerprint density at radius 3 is 2.67 bits per heavy atom. The van der Waals surface area contributed by atoms with Gasteiger partial charge in [0.2, 0.25) is 0 Å². The Bertz CT molecular complexity index is 394. The summed E-state index contributed by atoms with van der Waals surface area (Å²) in [6.45, 7) is 9.93. The molecule has 0 spiro atoms. The van der Waals surface area contributed by atoms with Crippen molar-refractivity contribution in [2.75, 3.05) is 19.7 Å². The third-order valence-electron chi connectivity index (χ3n) is 3.49. The number of aromatic hydroxyl groups is 1. The van der Waals surface area contributed by atoms with Gasteiger partial charge in [0.05, 0.1) is 6.10 Å². The molecule has 1 saturated heterocycles. The summed E-state index contributed by atoms with van der Waals surface area (Å²) in [5.41, 5.74) is 3.20. The first-order chi connectivity index (χ1) is 8.56. The van der Waals surface area contributed by atoms with E-state index in [1.54, 1.807) is 0 Å². The Hall–Kier alpha value is -1.06. The average Bonchev–Trinajstić information content (AvgIpc) is 2.50. The van der Waals surface area contributed by atoms with Gasteiger partial charge in [-0.2, -0.15) is 0 Å². The smallest absolute Gasteiger partial charge is 0.121 e. The zero-order valence-electron chi connectivity index (χ0n) is 11.6. The lowest BCUT2D eigenvalue weighted by molar-refractivity contribution is 0.0668. The van der Waals surface area contributed by atoms with Crippen molar-refractivity contribution < 1.29 is 9.84 Å². The van der Waals surface area contributed by atoms with Gasteiger partial charge in [-0.1, -0.05) is 12.1 Å². The van der Waals surface area contributed by atoms with Gasteiger partial charge < -0.3 is 9.84 Å². The first-order valence-corrected chi connectivity index (χ1v) is 6.69. The van der Waals surface area contributed by atoms with Gasteiger partial charge in [0.15, 0.2) is 0 Å². The van der Waals surface area contributed by atoms with E-state index in [0.29, 0.717) is 11.9 Å². The van der Waals surface area contributed by atoms with Gasteiger partial charge in [-0.25, -0.2) is 0 Å². The molecule has 3 heteroatoms. The Morgan fingerprint density at radius 2 is 2.00 bits per heavy atom. The van der Waals surface area contributed by atoms with E-state index in [4.69, 9.17) is 4.74 Å². The summed E-state index contributed by atoms with van der Waals surface area (Å²) in [7, 11) is 0. The van der Waals surface area contributed by atoms with Gasteiger partial charge >= 0.3 is 0 Å². The maximum atomic E-state index is 9.79. The maximum Gasteiger partial charge on any atom is 0.121 e. The highest BCUT2D eigenvalue weighted by atomic mass is 16.5. The van der Waals surface area contributed by atoms with Crippen molar-refractivity contribution >= 4 is 0 Å². The van der Waals surface area contributed by atoms with Crippen LogP contribution in [0.4, 0.5) is 0 Å². The Balaban J connectivity index is 2.08. The number of hydrogen-bond donors (Lipinski definition) is 1. The number of nitrogens with zero attached hydrogens (tertiary/aromatic N) is 1. The molecule has 0 bridgehead atoms. The molecule has 0 aromatic heterocycles. The van der Waals surface area contributed by atoms with Crippen molar-refractivity contribution in [2.24, 2.45) is 0 Å². The first kappa shape index (κ1) is 13.4. The highest BCUT2D eigenvalue weighted by molar-refractivity contribution is 5.42. The normalized spacial score (nSPS) is 21.8. The van der Waals surface area contributed by atoms with Gasteiger partial charge in [-0.15, -0.1) is 0 Å². The van der Waals surface area contributed by atoms with E-state index in [9.17, 15) is 5.11 Å². The molecule has 1 unspecified atom stereocenters. The van der Waals surface area contributed by atoms with Gasteiger partial charge in [0, 0.05) is 26.2 Å². The van der Waals surface area contributed by atoms with Crippen molar-refractivity contribution in [2.45, 2.75) is 39.8 Å². The molecule has 1 aliphatic rings. The van der Waals surface area contributed by atoms with Crippen LogP contribution in [0.3, 0.4) is 0 Å². The van der Waals surface area contributed by atoms with Crippen molar-refractivity contribution in [1.82, 2.24) is 4.90 Å². The molecule has 1 aromatic carbocycles. The zero-order chi connectivity index (χ0) is 13.1. The van der Waals surface area contributed by atoms with Crippen LogP contribution >= 0.6 is 0 Å². The molecular formula is C15H23NO2. The quantitative estimate of drug-likeness (QED) is 0.874. The summed E-state index contributed by atoms with van der Waals surface area (Å²) < 4.78 is 5.66. The SMILES string of the molecule is Cc1cc(CN2CCCOC(C)C2)cc(C)c1O. The van der Waals surface area contributed by atoms with Crippen LogP contribution in [-0.4, -0.2) is 35.8 Å². The van der Waals surface area contributed by atoms with Gasteiger partial charge in [0.1, 0.15) is 5.75 Å². The van der Waals surface area contributed by atoms with Crippen LogP contribution in [0, 0.1) is 13.8 Å². The summed E-state index contributed by atoms with van der Waals surface area (Å²) >= 11 is 0. The fraction of sp³-hybridized carbons (Fsp3) is 0.600. The third kappa shape index (κ3) is 3.24. The molecule has 0 aliphatic carbocycles. The molecule has 0 radical (unpaired) electrons. The summed E-state index contributed by atoms with van der Waals surface area (Å²) in [6, 6.07) is 4.16. The Kier molecular flexibility index (Phi) is 4.25. The molecule has 0 amide bonds. The minimum Gasteiger partial charge on any atom is -0.507 e. The van der Waals surface area contributed by atoms with E-state index in [1.807, 2.05) is 13.8 Å². The summed E-state index contributed by atoms with van der Waals surface area (Å²) in [6.07, 6.45) is 1.41. The number of phenolic OH excluding ortho intramolecular Hbond substituents is 1. The third-order valence-corrected chi connectivity index (χ3v) is 3.49. The molecule has 1 fully saturated rings. The number of hydrogen-bond acceptors (Lipinski definition) is 3. The van der Waals surface area contributed by atoms with Gasteiger partial charge in [-0.05, 0) is 43.9 Å². The van der Waals surface area contributed by atoms with Crippen molar-refractivity contribution in [3.05, 3.63) is 28.8 Å². The summed E-state index contributed by atoms with van der Waals surface area (Å²) in [4.78, 5) is 2.43. The van der Waals surface area contributed by atoms with Gasteiger partial charge in [-0.3, -0.25) is 4.90 Å². The predicted octanol–water partition coefficient (Wildman–Crippen LogP) is 2.62. The molecule has 18 heavy (non-hydrogen) atoms. The van der Waals surface area contributed by atoms with Crippen LogP contribution < -0.4 is 0 Å². The zero-order valence-corrected chi connectivity index (χ0v) is 11.6. The molecule has 100 valence electrons. The van der Waals surface area contributed by atoms with Crippen LogP contribution in [0.1, 0.15) is 30.0 Å². The van der Waals surface area contributed by atoms with Crippen LogP contribution in [0.15, 0.2) is 12.1 Å². The highest BCUT2D eigenvalue weighted by Gasteiger charge is 2.15. The molecule has 3 nitrogen and oxygen atoms in total. The second kappa shape index (κ2) is 5.72. The van der Waals surface area contributed by atoms with E-state index in [1.165, 1.54) is 5.56 Å². The predicted molar refractivity (Wildman–Crippen MR) is 72.9 cm³/mol. The minimum atomic E-state index is 0.312. The van der Waals surface area contributed by atoms with Crippen molar-refractivity contribution in [3.8, 4) is 5.75 Å². The molecule has 1 heterocycles. The fourth-order valence-corrected chi connectivity index (χ4v) is 2.62. The molecular weight excluding hydrogens is 226 g/mol. The van der Waals surface area contributed by atoms with Gasteiger partial charge in [0.25, 0.3) is 0 Å². The van der Waals surface area contributed by atoms with E-state index in [0.717, 1.165) is 43.8 Å². The molecule has 2 rings (SSSR count). The molecule has 1 aromatic rings. The largest absolute Gasteiger partial charge is 0.507 e. The number of benzene rings is 1. The number of phenols is 1.